The van der Waals surface area contributed by atoms with Crippen molar-refractivity contribution < 1.29 is 9.32 Å². The second-order valence-corrected chi connectivity index (χ2v) is 10.6. The standard InChI is InChI=1S/C17H27BrClNO2S/c1-11(2)13(10-21)17(6,20-23(22)16(3,4)5)12-7-8-14(18)15(19)9-12/h7-9,11,13,20-21H,10H2,1-6H3/t13?,17-,23+/m0/s1. The topological polar surface area (TPSA) is 49.3 Å². The van der Waals surface area contributed by atoms with Crippen molar-refractivity contribution in [3.63, 3.8) is 0 Å². The third kappa shape index (κ3) is 5.02. The molecule has 3 atom stereocenters. The van der Waals surface area contributed by atoms with E-state index in [0.29, 0.717) is 5.02 Å². The zero-order chi connectivity index (χ0) is 18.0. The summed E-state index contributed by atoms with van der Waals surface area (Å²) in [6.45, 7) is 11.9. The van der Waals surface area contributed by atoms with Gasteiger partial charge in [0.15, 0.2) is 0 Å². The van der Waals surface area contributed by atoms with Gasteiger partial charge in [-0.3, -0.25) is 0 Å². The van der Waals surface area contributed by atoms with E-state index < -0.39 is 21.3 Å². The molecule has 1 rings (SSSR count). The van der Waals surface area contributed by atoms with Gasteiger partial charge in [0.1, 0.15) is 0 Å². The molecule has 6 heteroatoms. The molecule has 132 valence electrons. The lowest BCUT2D eigenvalue weighted by Gasteiger charge is -2.41. The van der Waals surface area contributed by atoms with Gasteiger partial charge in [0.05, 0.1) is 26.3 Å². The van der Waals surface area contributed by atoms with Gasteiger partial charge in [-0.25, -0.2) is 8.93 Å². The van der Waals surface area contributed by atoms with Crippen LogP contribution >= 0.6 is 27.5 Å². The Balaban J connectivity index is 3.41. The molecule has 0 bridgehead atoms. The van der Waals surface area contributed by atoms with Crippen LogP contribution in [0.25, 0.3) is 0 Å². The van der Waals surface area contributed by atoms with Crippen molar-refractivity contribution in [1.82, 2.24) is 4.72 Å². The second-order valence-electron chi connectivity index (χ2n) is 7.35. The first-order chi connectivity index (χ1) is 10.4. The minimum absolute atomic E-state index is 0.00378. The van der Waals surface area contributed by atoms with Gasteiger partial charge in [0.25, 0.3) is 0 Å². The van der Waals surface area contributed by atoms with Gasteiger partial charge in [0.2, 0.25) is 0 Å². The molecular weight excluding hydrogens is 398 g/mol. The Morgan fingerprint density at radius 2 is 1.87 bits per heavy atom. The molecule has 1 aromatic rings. The maximum absolute atomic E-state index is 12.7. The Bertz CT molecular complexity index is 574. The van der Waals surface area contributed by atoms with Crippen LogP contribution in [0.15, 0.2) is 22.7 Å². The third-order valence-electron chi connectivity index (χ3n) is 4.12. The van der Waals surface area contributed by atoms with E-state index in [0.717, 1.165) is 10.0 Å². The first-order valence-electron chi connectivity index (χ1n) is 7.69. The zero-order valence-electron chi connectivity index (χ0n) is 14.6. The number of halogens is 2. The molecule has 0 heterocycles. The zero-order valence-corrected chi connectivity index (χ0v) is 17.8. The molecule has 0 aliphatic carbocycles. The maximum atomic E-state index is 12.7. The molecule has 0 aromatic heterocycles. The molecule has 0 saturated carbocycles. The largest absolute Gasteiger partial charge is 0.396 e. The number of hydrogen-bond acceptors (Lipinski definition) is 2. The summed E-state index contributed by atoms with van der Waals surface area (Å²) in [5.41, 5.74) is 0.252. The minimum Gasteiger partial charge on any atom is -0.396 e. The summed E-state index contributed by atoms with van der Waals surface area (Å²) in [4.78, 5) is 0. The Morgan fingerprint density at radius 3 is 2.26 bits per heavy atom. The predicted molar refractivity (Wildman–Crippen MR) is 103 cm³/mol. The smallest absolute Gasteiger partial charge is 0.0978 e. The van der Waals surface area contributed by atoms with E-state index in [9.17, 15) is 9.32 Å². The molecule has 3 nitrogen and oxygen atoms in total. The van der Waals surface area contributed by atoms with Gasteiger partial charge in [-0.15, -0.1) is 0 Å². The van der Waals surface area contributed by atoms with Crippen molar-refractivity contribution in [2.45, 2.75) is 51.8 Å². The van der Waals surface area contributed by atoms with E-state index in [-0.39, 0.29) is 18.4 Å². The lowest BCUT2D eigenvalue weighted by Crippen LogP contribution is -2.53. The van der Waals surface area contributed by atoms with Gasteiger partial charge in [-0.2, -0.15) is 0 Å². The molecule has 1 aromatic carbocycles. The number of aliphatic hydroxyl groups excluding tert-OH is 1. The first kappa shape index (κ1) is 21.1. The second kappa shape index (κ2) is 7.96. The van der Waals surface area contributed by atoms with E-state index in [4.69, 9.17) is 11.6 Å². The van der Waals surface area contributed by atoms with Crippen LogP contribution in [0.3, 0.4) is 0 Å². The molecule has 23 heavy (non-hydrogen) atoms. The Morgan fingerprint density at radius 1 is 1.30 bits per heavy atom. The van der Waals surface area contributed by atoms with Gasteiger partial charge >= 0.3 is 0 Å². The van der Waals surface area contributed by atoms with E-state index in [1.807, 2.05) is 45.9 Å². The Labute approximate surface area is 155 Å². The van der Waals surface area contributed by atoms with Gasteiger partial charge in [-0.1, -0.05) is 31.5 Å². The van der Waals surface area contributed by atoms with Crippen molar-refractivity contribution in [3.05, 3.63) is 33.3 Å². The fraction of sp³-hybridized carbons (Fsp3) is 0.647. The van der Waals surface area contributed by atoms with Crippen molar-refractivity contribution in [1.29, 1.82) is 0 Å². The monoisotopic (exact) mass is 423 g/mol. The molecule has 0 aliphatic rings. The average molecular weight is 425 g/mol. The minimum atomic E-state index is -1.27. The highest BCUT2D eigenvalue weighted by atomic mass is 79.9. The highest BCUT2D eigenvalue weighted by Crippen LogP contribution is 2.38. The summed E-state index contributed by atoms with van der Waals surface area (Å²) < 4.78 is 16.4. The number of rotatable bonds is 6. The van der Waals surface area contributed by atoms with Gasteiger partial charge < -0.3 is 5.11 Å². The van der Waals surface area contributed by atoms with Crippen LogP contribution in [0.5, 0.6) is 0 Å². The van der Waals surface area contributed by atoms with Crippen LogP contribution in [0.4, 0.5) is 0 Å². The van der Waals surface area contributed by atoms with Crippen molar-refractivity contribution >= 4 is 38.5 Å². The van der Waals surface area contributed by atoms with Crippen LogP contribution in [0.1, 0.15) is 47.1 Å². The number of hydrogen-bond donors (Lipinski definition) is 2. The summed E-state index contributed by atoms with van der Waals surface area (Å²) >= 11 is 9.66. The summed E-state index contributed by atoms with van der Waals surface area (Å²) in [7, 11) is -1.27. The Hall–Kier alpha value is 0.0600. The van der Waals surface area contributed by atoms with E-state index in [2.05, 4.69) is 34.5 Å². The third-order valence-corrected chi connectivity index (χ3v) is 7.08. The summed E-state index contributed by atoms with van der Waals surface area (Å²) in [6.07, 6.45) is 0. The fourth-order valence-electron chi connectivity index (χ4n) is 2.57. The van der Waals surface area contributed by atoms with Crippen LogP contribution in [0, 0.1) is 11.8 Å². The lowest BCUT2D eigenvalue weighted by molar-refractivity contribution is 0.111. The molecular formula is C17H27BrClNO2S. The maximum Gasteiger partial charge on any atom is 0.0978 e. The SMILES string of the molecule is CC(C)C(CO)[C@@](C)(N[S@](=O)C(C)(C)C)c1ccc(Br)c(Cl)c1. The van der Waals surface area contributed by atoms with E-state index in [1.54, 1.807) is 0 Å². The van der Waals surface area contributed by atoms with Crippen LogP contribution in [0.2, 0.25) is 5.02 Å². The van der Waals surface area contributed by atoms with Gasteiger partial charge in [0, 0.05) is 17.0 Å². The van der Waals surface area contributed by atoms with Crippen molar-refractivity contribution in [2.24, 2.45) is 11.8 Å². The molecule has 0 aliphatic heterocycles. The number of aliphatic hydroxyl groups is 1. The van der Waals surface area contributed by atoms with E-state index in [1.165, 1.54) is 0 Å². The van der Waals surface area contributed by atoms with Crippen LogP contribution in [-0.4, -0.2) is 20.7 Å². The number of nitrogens with one attached hydrogen (secondary N) is 1. The van der Waals surface area contributed by atoms with Crippen molar-refractivity contribution in [3.8, 4) is 0 Å². The molecule has 0 spiro atoms. The molecule has 0 amide bonds. The van der Waals surface area contributed by atoms with Crippen LogP contribution in [-0.2, 0) is 16.5 Å². The quantitative estimate of drug-likeness (QED) is 0.699. The number of benzene rings is 1. The van der Waals surface area contributed by atoms with Crippen molar-refractivity contribution in [2.75, 3.05) is 6.61 Å². The van der Waals surface area contributed by atoms with E-state index >= 15 is 0 Å². The average Bonchev–Trinajstić information content (AvgIpc) is 2.40. The molecule has 1 unspecified atom stereocenters. The molecule has 0 radical (unpaired) electrons. The fourth-order valence-corrected chi connectivity index (χ4v) is 3.96. The van der Waals surface area contributed by atoms with Gasteiger partial charge in [-0.05, 0) is 67.2 Å². The van der Waals surface area contributed by atoms with Crippen LogP contribution < -0.4 is 4.72 Å². The summed E-state index contributed by atoms with van der Waals surface area (Å²) in [5.74, 6) is 0.0999. The molecule has 0 saturated heterocycles. The molecule has 0 fully saturated rings. The Kier molecular flexibility index (Phi) is 7.30. The predicted octanol–water partition coefficient (Wildman–Crippen LogP) is 4.63. The highest BCUT2D eigenvalue weighted by Gasteiger charge is 2.40. The highest BCUT2D eigenvalue weighted by molar-refractivity contribution is 9.10. The first-order valence-corrected chi connectivity index (χ1v) is 10.0. The molecule has 2 N–H and O–H groups in total. The summed E-state index contributed by atoms with van der Waals surface area (Å²) in [5, 5.41) is 10.5. The summed E-state index contributed by atoms with van der Waals surface area (Å²) in [6, 6.07) is 5.70. The normalized spacial score (nSPS) is 17.8. The lowest BCUT2D eigenvalue weighted by atomic mass is 9.75.